The number of rotatable bonds is 6. The Bertz CT molecular complexity index is 703. The monoisotopic (exact) mass is 399 g/mol. The van der Waals surface area contributed by atoms with Crippen molar-refractivity contribution in [1.29, 1.82) is 0 Å². The van der Waals surface area contributed by atoms with E-state index >= 15 is 0 Å². The molecule has 158 valence electrons. The Morgan fingerprint density at radius 1 is 1.07 bits per heavy atom. The highest BCUT2D eigenvalue weighted by Gasteiger charge is 2.49. The van der Waals surface area contributed by atoms with E-state index in [0.29, 0.717) is 44.1 Å². The van der Waals surface area contributed by atoms with Crippen LogP contribution in [-0.4, -0.2) is 77.6 Å². The lowest BCUT2D eigenvalue weighted by Gasteiger charge is -2.38. The smallest absolute Gasteiger partial charge is 0.409 e. The molecule has 3 aliphatic rings. The molecule has 6 heteroatoms. The Hall–Kier alpha value is -2.08. The number of aryl methyl sites for hydroxylation is 1. The normalized spacial score (nSPS) is 25.5. The van der Waals surface area contributed by atoms with Crippen LogP contribution in [0.25, 0.3) is 0 Å². The molecule has 0 spiro atoms. The van der Waals surface area contributed by atoms with Crippen molar-refractivity contribution in [2.45, 2.75) is 63.6 Å². The third kappa shape index (κ3) is 4.42. The van der Waals surface area contributed by atoms with Gasteiger partial charge in [-0.25, -0.2) is 4.79 Å². The predicted octanol–water partition coefficient (Wildman–Crippen LogP) is 2.92. The van der Waals surface area contributed by atoms with Gasteiger partial charge in [-0.3, -0.25) is 9.69 Å². The summed E-state index contributed by atoms with van der Waals surface area (Å²) in [6.45, 7) is 5.78. The van der Waals surface area contributed by atoms with E-state index in [9.17, 15) is 9.59 Å². The lowest BCUT2D eigenvalue weighted by atomic mass is 10.0. The molecule has 3 fully saturated rings. The minimum atomic E-state index is -0.220. The van der Waals surface area contributed by atoms with E-state index in [1.54, 1.807) is 4.90 Å². The average molecular weight is 400 g/mol. The van der Waals surface area contributed by atoms with Crippen molar-refractivity contribution < 1.29 is 14.3 Å². The zero-order chi connectivity index (χ0) is 20.2. The summed E-state index contributed by atoms with van der Waals surface area (Å²) in [7, 11) is 0. The summed E-state index contributed by atoms with van der Waals surface area (Å²) in [5.74, 6) is 0.308. The van der Waals surface area contributed by atoms with Gasteiger partial charge in [0.05, 0.1) is 6.61 Å². The fourth-order valence-corrected chi connectivity index (χ4v) is 5.38. The molecule has 1 aromatic carbocycles. The van der Waals surface area contributed by atoms with E-state index in [4.69, 9.17) is 4.74 Å². The molecule has 2 atom stereocenters. The van der Waals surface area contributed by atoms with E-state index in [0.717, 1.165) is 45.2 Å². The van der Waals surface area contributed by atoms with Gasteiger partial charge in [-0.1, -0.05) is 30.3 Å². The van der Waals surface area contributed by atoms with E-state index in [2.05, 4.69) is 40.1 Å². The van der Waals surface area contributed by atoms with Crippen molar-refractivity contribution in [3.8, 4) is 0 Å². The molecular weight excluding hydrogens is 366 g/mol. The molecule has 2 amide bonds. The van der Waals surface area contributed by atoms with Gasteiger partial charge in [0.2, 0.25) is 5.91 Å². The summed E-state index contributed by atoms with van der Waals surface area (Å²) in [5, 5.41) is 0. The van der Waals surface area contributed by atoms with Crippen LogP contribution in [0.15, 0.2) is 30.3 Å². The first-order valence-corrected chi connectivity index (χ1v) is 11.2. The number of hydrogen-bond acceptors (Lipinski definition) is 4. The average Bonchev–Trinajstić information content (AvgIpc) is 3.27. The molecule has 29 heavy (non-hydrogen) atoms. The summed E-state index contributed by atoms with van der Waals surface area (Å²) < 4.78 is 5.12. The van der Waals surface area contributed by atoms with Crippen molar-refractivity contribution in [3.63, 3.8) is 0 Å². The van der Waals surface area contributed by atoms with Crippen LogP contribution in [0.2, 0.25) is 0 Å². The summed E-state index contributed by atoms with van der Waals surface area (Å²) in [6, 6.07) is 11.6. The number of piperidine rings is 1. The van der Waals surface area contributed by atoms with Crippen LogP contribution in [0.5, 0.6) is 0 Å². The number of fused-ring (bicyclic) bond motifs is 1. The van der Waals surface area contributed by atoms with E-state index in [1.807, 2.05) is 6.92 Å². The number of carbonyl (C=O) groups is 2. The van der Waals surface area contributed by atoms with Crippen LogP contribution >= 0.6 is 0 Å². The maximum absolute atomic E-state index is 12.8. The zero-order valence-electron chi connectivity index (χ0n) is 17.5. The number of carbonyl (C=O) groups excluding carboxylic acids is 2. The molecule has 0 radical (unpaired) electrons. The van der Waals surface area contributed by atoms with Gasteiger partial charge in [0, 0.05) is 44.2 Å². The van der Waals surface area contributed by atoms with Crippen LogP contribution in [0, 0.1) is 0 Å². The third-order valence-electron chi connectivity index (χ3n) is 6.79. The van der Waals surface area contributed by atoms with Gasteiger partial charge in [0.25, 0.3) is 0 Å². The Morgan fingerprint density at radius 3 is 2.55 bits per heavy atom. The van der Waals surface area contributed by atoms with Crippen LogP contribution in [0.3, 0.4) is 0 Å². The number of hydrogen-bond donors (Lipinski definition) is 0. The number of likely N-dealkylation sites (tertiary alicyclic amines) is 3. The van der Waals surface area contributed by atoms with Crippen LogP contribution < -0.4 is 0 Å². The van der Waals surface area contributed by atoms with Crippen molar-refractivity contribution in [1.82, 2.24) is 14.7 Å². The van der Waals surface area contributed by atoms with Crippen molar-refractivity contribution in [2.24, 2.45) is 0 Å². The van der Waals surface area contributed by atoms with Crippen LogP contribution in [-0.2, 0) is 16.0 Å². The summed E-state index contributed by atoms with van der Waals surface area (Å²) >= 11 is 0. The summed E-state index contributed by atoms with van der Waals surface area (Å²) in [6.07, 6.45) is 5.48. The Kier molecular flexibility index (Phi) is 6.38. The Labute approximate surface area is 173 Å². The minimum absolute atomic E-state index is 0.220. The number of nitrogens with zero attached hydrogens (tertiary/aromatic N) is 3. The fourth-order valence-electron chi connectivity index (χ4n) is 5.38. The molecule has 0 bridgehead atoms. The topological polar surface area (TPSA) is 53.1 Å². The SMILES string of the molecule is CCOC(=O)N1CCC(N2C(=O)C[C@H]3[C@@H]2CCN3CCCc2ccccc2)CC1. The van der Waals surface area contributed by atoms with Crippen molar-refractivity contribution in [3.05, 3.63) is 35.9 Å². The fraction of sp³-hybridized carbons (Fsp3) is 0.652. The molecule has 0 unspecified atom stereocenters. The van der Waals surface area contributed by atoms with Crippen molar-refractivity contribution in [2.75, 3.05) is 32.8 Å². The molecule has 3 heterocycles. The molecule has 3 saturated heterocycles. The summed E-state index contributed by atoms with van der Waals surface area (Å²) in [4.78, 5) is 31.3. The third-order valence-corrected chi connectivity index (χ3v) is 6.79. The molecule has 6 nitrogen and oxygen atoms in total. The standard InChI is InChI=1S/C23H33N3O3/c1-2-29-23(28)25-14-10-19(11-15-25)26-20-12-16-24(21(20)17-22(26)27)13-6-9-18-7-4-3-5-8-18/h3-5,7-8,19-21H,2,6,9-17H2,1H3/t20-,21-/m0/s1. The number of amides is 2. The maximum atomic E-state index is 12.8. The highest BCUT2D eigenvalue weighted by Crippen LogP contribution is 2.36. The van der Waals surface area contributed by atoms with Gasteiger partial charge in [0.15, 0.2) is 0 Å². The predicted molar refractivity (Wildman–Crippen MR) is 112 cm³/mol. The molecular formula is C23H33N3O3. The van der Waals surface area contributed by atoms with E-state index in [-0.39, 0.29) is 12.1 Å². The highest BCUT2D eigenvalue weighted by atomic mass is 16.6. The van der Waals surface area contributed by atoms with Gasteiger partial charge in [-0.15, -0.1) is 0 Å². The largest absolute Gasteiger partial charge is 0.450 e. The second kappa shape index (κ2) is 9.16. The minimum Gasteiger partial charge on any atom is -0.450 e. The first-order valence-electron chi connectivity index (χ1n) is 11.2. The second-order valence-corrected chi connectivity index (χ2v) is 8.47. The molecule has 0 saturated carbocycles. The Balaban J connectivity index is 1.28. The number of ether oxygens (including phenoxy) is 1. The lowest BCUT2D eigenvalue weighted by Crippen LogP contribution is -2.50. The highest BCUT2D eigenvalue weighted by molar-refractivity contribution is 5.80. The second-order valence-electron chi connectivity index (χ2n) is 8.47. The van der Waals surface area contributed by atoms with Crippen LogP contribution in [0.1, 0.15) is 44.6 Å². The molecule has 4 rings (SSSR count). The summed E-state index contributed by atoms with van der Waals surface area (Å²) in [5.41, 5.74) is 1.39. The van der Waals surface area contributed by atoms with Gasteiger partial charge >= 0.3 is 6.09 Å². The zero-order valence-corrected chi connectivity index (χ0v) is 17.5. The van der Waals surface area contributed by atoms with Gasteiger partial charge in [-0.2, -0.15) is 0 Å². The molecule has 0 aromatic heterocycles. The lowest BCUT2D eigenvalue weighted by molar-refractivity contribution is -0.132. The first kappa shape index (κ1) is 20.2. The van der Waals surface area contributed by atoms with E-state index in [1.165, 1.54) is 5.56 Å². The van der Waals surface area contributed by atoms with E-state index < -0.39 is 0 Å². The molecule has 0 aliphatic carbocycles. The molecule has 0 N–H and O–H groups in total. The number of benzene rings is 1. The quantitative estimate of drug-likeness (QED) is 0.738. The Morgan fingerprint density at radius 2 is 1.83 bits per heavy atom. The van der Waals surface area contributed by atoms with Gasteiger partial charge in [0.1, 0.15) is 0 Å². The first-order chi connectivity index (χ1) is 14.2. The van der Waals surface area contributed by atoms with Gasteiger partial charge < -0.3 is 14.5 Å². The van der Waals surface area contributed by atoms with Gasteiger partial charge in [-0.05, 0) is 51.1 Å². The maximum Gasteiger partial charge on any atom is 0.409 e. The van der Waals surface area contributed by atoms with Crippen LogP contribution in [0.4, 0.5) is 4.79 Å². The molecule has 3 aliphatic heterocycles. The molecule has 1 aromatic rings. The van der Waals surface area contributed by atoms with Crippen molar-refractivity contribution >= 4 is 12.0 Å².